The first-order valence-corrected chi connectivity index (χ1v) is 9.45. The van der Waals surface area contributed by atoms with Gasteiger partial charge in [0.2, 0.25) is 0 Å². The molecule has 0 saturated carbocycles. The quantitative estimate of drug-likeness (QED) is 0.440. The first-order chi connectivity index (χ1) is 14.2. The van der Waals surface area contributed by atoms with Gasteiger partial charge in [0.1, 0.15) is 5.57 Å². The van der Waals surface area contributed by atoms with Gasteiger partial charge in [-0.2, -0.15) is 0 Å². The van der Waals surface area contributed by atoms with E-state index in [0.29, 0.717) is 11.1 Å². The van der Waals surface area contributed by atoms with E-state index in [0.717, 1.165) is 26.9 Å². The molecular weight excluding hydrogens is 386 g/mol. The number of barbiturate groups is 1. The molecule has 1 aromatic heterocycles. The average molecular weight is 409 g/mol. The molecule has 3 rings (SSSR count). The maximum atomic E-state index is 12.5. The van der Waals surface area contributed by atoms with Crippen molar-refractivity contribution in [3.63, 3.8) is 0 Å². The fourth-order valence-corrected chi connectivity index (χ4v) is 3.45. The van der Waals surface area contributed by atoms with Crippen LogP contribution in [0.1, 0.15) is 34.2 Å². The van der Waals surface area contributed by atoms with E-state index in [1.54, 1.807) is 25.1 Å². The molecule has 30 heavy (non-hydrogen) atoms. The standard InChI is InChI=1S/C22H23N3O5/c1-6-30-21(28)15-8-7-9-17(11-15)25-13(2)10-16(14(25)3)12-18-19(26)23(4)22(29)24(5)20(18)27/h7-12H,6H2,1-5H3. The van der Waals surface area contributed by atoms with Gasteiger partial charge < -0.3 is 9.30 Å². The van der Waals surface area contributed by atoms with Crippen molar-refractivity contribution in [1.29, 1.82) is 0 Å². The van der Waals surface area contributed by atoms with Crippen molar-refractivity contribution in [2.45, 2.75) is 20.8 Å². The third kappa shape index (κ3) is 3.52. The largest absolute Gasteiger partial charge is 0.462 e. The molecule has 0 bridgehead atoms. The van der Waals surface area contributed by atoms with E-state index < -0.39 is 23.8 Å². The number of hydrogen-bond donors (Lipinski definition) is 0. The molecule has 1 aliphatic rings. The molecule has 156 valence electrons. The molecule has 0 radical (unpaired) electrons. The fraction of sp³-hybridized carbons (Fsp3) is 0.273. The molecule has 1 saturated heterocycles. The number of carbonyl (C=O) groups is 4. The summed E-state index contributed by atoms with van der Waals surface area (Å²) in [6, 6.07) is 8.21. The molecule has 8 heteroatoms. The van der Waals surface area contributed by atoms with Gasteiger partial charge in [-0.15, -0.1) is 0 Å². The fourth-order valence-electron chi connectivity index (χ4n) is 3.45. The zero-order valence-corrected chi connectivity index (χ0v) is 17.6. The van der Waals surface area contributed by atoms with E-state index in [-0.39, 0.29) is 12.2 Å². The monoisotopic (exact) mass is 409 g/mol. The van der Waals surface area contributed by atoms with Gasteiger partial charge in [-0.05, 0) is 56.7 Å². The highest BCUT2D eigenvalue weighted by atomic mass is 16.5. The first kappa shape index (κ1) is 21.0. The summed E-state index contributed by atoms with van der Waals surface area (Å²) in [5.74, 6) is -1.69. The molecule has 0 N–H and O–H groups in total. The van der Waals surface area contributed by atoms with Crippen molar-refractivity contribution in [2.75, 3.05) is 20.7 Å². The minimum absolute atomic E-state index is 0.0832. The molecule has 0 spiro atoms. The zero-order valence-electron chi connectivity index (χ0n) is 17.6. The SMILES string of the molecule is CCOC(=O)c1cccc(-n2c(C)cc(C=C3C(=O)N(C)C(=O)N(C)C3=O)c2C)c1. The lowest BCUT2D eigenvalue weighted by Gasteiger charge is -2.28. The molecule has 2 heterocycles. The van der Waals surface area contributed by atoms with Crippen LogP contribution in [0.15, 0.2) is 35.9 Å². The lowest BCUT2D eigenvalue weighted by Crippen LogP contribution is -2.52. The molecule has 8 nitrogen and oxygen atoms in total. The summed E-state index contributed by atoms with van der Waals surface area (Å²) in [6.45, 7) is 5.78. The third-order valence-electron chi connectivity index (χ3n) is 5.03. The first-order valence-electron chi connectivity index (χ1n) is 9.45. The van der Waals surface area contributed by atoms with Crippen LogP contribution in [0.3, 0.4) is 0 Å². The average Bonchev–Trinajstić information content (AvgIpc) is 3.01. The number of rotatable bonds is 4. The number of aryl methyl sites for hydroxylation is 1. The summed E-state index contributed by atoms with van der Waals surface area (Å²) in [5, 5.41) is 0. The maximum Gasteiger partial charge on any atom is 0.338 e. The van der Waals surface area contributed by atoms with E-state index in [1.807, 2.05) is 30.5 Å². The van der Waals surface area contributed by atoms with Crippen molar-refractivity contribution in [3.05, 3.63) is 58.4 Å². The van der Waals surface area contributed by atoms with Crippen LogP contribution in [0.4, 0.5) is 4.79 Å². The zero-order chi connectivity index (χ0) is 22.2. The summed E-state index contributed by atoms with van der Waals surface area (Å²) in [6.07, 6.45) is 1.50. The Balaban J connectivity index is 2.05. The number of amides is 4. The number of ether oxygens (including phenoxy) is 1. The topological polar surface area (TPSA) is 88.9 Å². The lowest BCUT2D eigenvalue weighted by molar-refractivity contribution is -0.134. The van der Waals surface area contributed by atoms with Crippen molar-refractivity contribution in [1.82, 2.24) is 14.4 Å². The highest BCUT2D eigenvalue weighted by molar-refractivity contribution is 6.30. The van der Waals surface area contributed by atoms with Crippen LogP contribution in [0.5, 0.6) is 0 Å². The number of nitrogens with zero attached hydrogens (tertiary/aromatic N) is 3. The summed E-state index contributed by atoms with van der Waals surface area (Å²) >= 11 is 0. The second kappa shape index (κ2) is 7.98. The van der Waals surface area contributed by atoms with Gasteiger partial charge >= 0.3 is 12.0 Å². The van der Waals surface area contributed by atoms with Crippen molar-refractivity contribution in [3.8, 4) is 5.69 Å². The van der Waals surface area contributed by atoms with Crippen LogP contribution in [0.25, 0.3) is 11.8 Å². The minimum atomic E-state index is -0.664. The van der Waals surface area contributed by atoms with E-state index in [2.05, 4.69) is 0 Å². The molecule has 1 aromatic carbocycles. The van der Waals surface area contributed by atoms with E-state index in [4.69, 9.17) is 4.74 Å². The Morgan fingerprint density at radius 1 is 1.03 bits per heavy atom. The van der Waals surface area contributed by atoms with Gasteiger partial charge in [0.05, 0.1) is 12.2 Å². The van der Waals surface area contributed by atoms with E-state index in [1.165, 1.54) is 20.2 Å². The van der Waals surface area contributed by atoms with Crippen molar-refractivity contribution in [2.24, 2.45) is 0 Å². The van der Waals surface area contributed by atoms with Crippen molar-refractivity contribution >= 4 is 29.9 Å². The Bertz CT molecular complexity index is 1070. The van der Waals surface area contributed by atoms with Gasteiger partial charge in [0.25, 0.3) is 11.8 Å². The third-order valence-corrected chi connectivity index (χ3v) is 5.03. The summed E-state index contributed by atoms with van der Waals surface area (Å²) in [5.41, 5.74) is 3.41. The smallest absolute Gasteiger partial charge is 0.338 e. The Morgan fingerprint density at radius 3 is 2.27 bits per heavy atom. The Kier molecular flexibility index (Phi) is 5.60. The number of likely N-dealkylation sites (N-methyl/N-ethyl adjacent to an activating group) is 2. The maximum absolute atomic E-state index is 12.5. The van der Waals surface area contributed by atoms with Crippen LogP contribution in [-0.2, 0) is 14.3 Å². The van der Waals surface area contributed by atoms with Gasteiger partial charge in [-0.25, -0.2) is 9.59 Å². The Morgan fingerprint density at radius 2 is 1.67 bits per heavy atom. The molecule has 0 atom stereocenters. The molecular formula is C22H23N3O5. The van der Waals surface area contributed by atoms with E-state index in [9.17, 15) is 19.2 Å². The number of urea groups is 1. The molecule has 4 amide bonds. The highest BCUT2D eigenvalue weighted by Gasteiger charge is 2.38. The number of benzene rings is 1. The van der Waals surface area contributed by atoms with Crippen molar-refractivity contribution < 1.29 is 23.9 Å². The molecule has 1 aliphatic heterocycles. The number of carbonyl (C=O) groups excluding carboxylic acids is 4. The molecule has 1 fully saturated rings. The number of imide groups is 2. The number of hydrogen-bond acceptors (Lipinski definition) is 5. The Hall–Kier alpha value is -3.68. The highest BCUT2D eigenvalue weighted by Crippen LogP contribution is 2.25. The second-order valence-electron chi connectivity index (χ2n) is 7.00. The molecule has 0 unspecified atom stereocenters. The predicted octanol–water partition coefficient (Wildman–Crippen LogP) is 2.70. The normalized spacial score (nSPS) is 14.4. The molecule has 2 aromatic rings. The van der Waals surface area contributed by atoms with Crippen LogP contribution in [-0.4, -0.2) is 58.9 Å². The van der Waals surface area contributed by atoms with Crippen LogP contribution in [0, 0.1) is 13.8 Å². The predicted molar refractivity (Wildman–Crippen MR) is 110 cm³/mol. The van der Waals surface area contributed by atoms with Gasteiger partial charge in [-0.1, -0.05) is 6.07 Å². The van der Waals surface area contributed by atoms with Crippen LogP contribution >= 0.6 is 0 Å². The van der Waals surface area contributed by atoms with Crippen LogP contribution < -0.4 is 0 Å². The van der Waals surface area contributed by atoms with E-state index >= 15 is 0 Å². The van der Waals surface area contributed by atoms with Gasteiger partial charge in [-0.3, -0.25) is 19.4 Å². The lowest BCUT2D eigenvalue weighted by atomic mass is 10.1. The number of aromatic nitrogens is 1. The summed E-state index contributed by atoms with van der Waals surface area (Å²) < 4.78 is 6.99. The van der Waals surface area contributed by atoms with Gasteiger partial charge in [0, 0.05) is 31.2 Å². The van der Waals surface area contributed by atoms with Gasteiger partial charge in [0.15, 0.2) is 0 Å². The minimum Gasteiger partial charge on any atom is -0.462 e. The Labute approximate surface area is 174 Å². The second-order valence-corrected chi connectivity index (χ2v) is 7.00. The summed E-state index contributed by atoms with van der Waals surface area (Å²) in [7, 11) is 2.68. The molecule has 0 aliphatic carbocycles. The summed E-state index contributed by atoms with van der Waals surface area (Å²) in [4.78, 5) is 50.8. The number of esters is 1. The van der Waals surface area contributed by atoms with Crippen LogP contribution in [0.2, 0.25) is 0 Å².